The van der Waals surface area contributed by atoms with E-state index in [1.165, 1.54) is 40.9 Å². The van der Waals surface area contributed by atoms with E-state index in [0.717, 1.165) is 40.5 Å². The van der Waals surface area contributed by atoms with Gasteiger partial charge in [0.1, 0.15) is 0 Å². The third-order valence-corrected chi connectivity index (χ3v) is 17.3. The molecular formula is C55H42N2SSi. The highest BCUT2D eigenvalue weighted by atomic mass is 32.1. The molecule has 2 nitrogen and oxygen atoms in total. The Morgan fingerprint density at radius 1 is 0.373 bits per heavy atom. The lowest BCUT2D eigenvalue weighted by Gasteiger charge is -2.36. The van der Waals surface area contributed by atoms with Crippen molar-refractivity contribution in [1.29, 1.82) is 0 Å². The van der Waals surface area contributed by atoms with Crippen molar-refractivity contribution in [3.8, 4) is 0 Å². The Balaban J connectivity index is 1.17. The summed E-state index contributed by atoms with van der Waals surface area (Å²) in [5.74, 6) is 0. The van der Waals surface area contributed by atoms with E-state index in [1.807, 2.05) is 11.3 Å². The third kappa shape index (κ3) is 6.82. The van der Waals surface area contributed by atoms with E-state index in [-0.39, 0.29) is 0 Å². The molecule has 4 heteroatoms. The van der Waals surface area contributed by atoms with Crippen LogP contribution in [0.3, 0.4) is 0 Å². The summed E-state index contributed by atoms with van der Waals surface area (Å²) in [6, 6.07) is 77.8. The average Bonchev–Trinajstić information content (AvgIpc) is 3.45. The van der Waals surface area contributed by atoms with Crippen LogP contribution < -0.4 is 25.4 Å². The smallest absolute Gasteiger partial charge is 0.179 e. The van der Waals surface area contributed by atoms with Gasteiger partial charge in [0, 0.05) is 54.3 Å². The molecule has 0 saturated carbocycles. The van der Waals surface area contributed by atoms with Gasteiger partial charge in [-0.3, -0.25) is 0 Å². The van der Waals surface area contributed by atoms with Crippen molar-refractivity contribution in [2.45, 2.75) is 6.42 Å². The molecule has 59 heavy (non-hydrogen) atoms. The minimum Gasteiger partial charge on any atom is -0.311 e. The molecule has 0 saturated heterocycles. The molecule has 0 bridgehead atoms. The number of hydrogen-bond donors (Lipinski definition) is 0. The Morgan fingerprint density at radius 3 is 1.53 bits per heavy atom. The van der Waals surface area contributed by atoms with Gasteiger partial charge >= 0.3 is 0 Å². The molecule has 0 spiro atoms. The molecule has 1 aliphatic carbocycles. The summed E-state index contributed by atoms with van der Waals surface area (Å²) >= 11 is 1.86. The predicted octanol–water partition coefficient (Wildman–Crippen LogP) is 13.4. The normalized spacial score (nSPS) is 13.5. The highest BCUT2D eigenvalue weighted by Crippen LogP contribution is 2.41. The number of allylic oxidation sites excluding steroid dienone is 6. The van der Waals surface area contributed by atoms with E-state index in [1.54, 1.807) is 0 Å². The van der Waals surface area contributed by atoms with Gasteiger partial charge in [0.25, 0.3) is 0 Å². The van der Waals surface area contributed by atoms with Crippen molar-refractivity contribution in [2.24, 2.45) is 0 Å². The minimum absolute atomic E-state index is 0.907. The Labute approximate surface area is 351 Å². The van der Waals surface area contributed by atoms with Crippen LogP contribution in [0, 0.1) is 0 Å². The topological polar surface area (TPSA) is 6.48 Å². The summed E-state index contributed by atoms with van der Waals surface area (Å²) in [6.07, 6.45) is 12.5. The fourth-order valence-corrected chi connectivity index (χ4v) is 14.7. The standard InChI is InChI=1S/C55H42N2SSi/c1-2-14-28-48(27-13-1)59(49-29-15-6-16-30-49,51-31-19-26-46(40-51)56(42-20-7-3-8-21-42)43-22-9-4-10-23-43)50-37-34-45(35-38-50)57(44-24-11-5-12-25-44)47-36-39-53-52-32-17-18-33-54(52)58-55(53)41-47/h1,3-41H,2H2. The zero-order valence-corrected chi connectivity index (χ0v) is 34.4. The Hall–Kier alpha value is -6.98. The van der Waals surface area contributed by atoms with Gasteiger partial charge < -0.3 is 9.80 Å². The molecule has 1 atom stereocenters. The Bertz CT molecular complexity index is 2920. The number of rotatable bonds is 10. The number of anilines is 6. The third-order valence-electron chi connectivity index (χ3n) is 11.4. The fourth-order valence-electron chi connectivity index (χ4n) is 8.74. The molecule has 1 aliphatic rings. The monoisotopic (exact) mass is 790 g/mol. The van der Waals surface area contributed by atoms with E-state index in [0.29, 0.717) is 0 Å². The summed E-state index contributed by atoms with van der Waals surface area (Å²) in [7, 11) is -2.93. The van der Waals surface area contributed by atoms with Crippen LogP contribution in [0.2, 0.25) is 0 Å². The van der Waals surface area contributed by atoms with Crippen LogP contribution in [0.4, 0.5) is 34.1 Å². The van der Waals surface area contributed by atoms with Crippen molar-refractivity contribution >= 4 is 89.3 Å². The number of thiophene rings is 1. The number of hydrogen-bond acceptors (Lipinski definition) is 3. The van der Waals surface area contributed by atoms with Gasteiger partial charge in [-0.1, -0.05) is 164 Å². The zero-order chi connectivity index (χ0) is 39.4. The van der Waals surface area contributed by atoms with Gasteiger partial charge in [0.05, 0.1) is 0 Å². The highest BCUT2D eigenvalue weighted by molar-refractivity contribution is 7.25. The van der Waals surface area contributed by atoms with E-state index in [4.69, 9.17) is 0 Å². The van der Waals surface area contributed by atoms with Crippen LogP contribution in [-0.4, -0.2) is 8.07 Å². The molecule has 8 aromatic carbocycles. The van der Waals surface area contributed by atoms with Crippen LogP contribution >= 0.6 is 11.3 Å². The predicted molar refractivity (Wildman–Crippen MR) is 257 cm³/mol. The first-order valence-corrected chi connectivity index (χ1v) is 23.1. The molecule has 1 aromatic heterocycles. The molecule has 0 radical (unpaired) electrons. The summed E-state index contributed by atoms with van der Waals surface area (Å²) in [5.41, 5.74) is 6.77. The first-order valence-electron chi connectivity index (χ1n) is 20.2. The van der Waals surface area contributed by atoms with Crippen molar-refractivity contribution in [1.82, 2.24) is 0 Å². The molecule has 1 heterocycles. The molecule has 0 N–H and O–H groups in total. The maximum absolute atomic E-state index is 2.93. The summed E-state index contributed by atoms with van der Waals surface area (Å²) in [5, 5.41) is 7.96. The molecule has 282 valence electrons. The number of benzene rings is 8. The minimum atomic E-state index is -2.93. The van der Waals surface area contributed by atoms with Gasteiger partial charge in [0.15, 0.2) is 8.07 Å². The van der Waals surface area contributed by atoms with Gasteiger partial charge in [-0.05, 0) is 106 Å². The number of nitrogens with zero attached hydrogens (tertiary/aromatic N) is 2. The fraction of sp³-hybridized carbons (Fsp3) is 0.0182. The second-order valence-electron chi connectivity index (χ2n) is 14.9. The molecule has 0 aliphatic heterocycles. The van der Waals surface area contributed by atoms with Gasteiger partial charge in [-0.25, -0.2) is 0 Å². The van der Waals surface area contributed by atoms with E-state index in [2.05, 4.69) is 253 Å². The van der Waals surface area contributed by atoms with Gasteiger partial charge in [0.2, 0.25) is 0 Å². The van der Waals surface area contributed by atoms with Crippen molar-refractivity contribution < 1.29 is 0 Å². The van der Waals surface area contributed by atoms with Crippen molar-refractivity contribution in [3.63, 3.8) is 0 Å². The summed E-state index contributed by atoms with van der Waals surface area (Å²) < 4.78 is 2.60. The van der Waals surface area contributed by atoms with Crippen LogP contribution in [0.25, 0.3) is 20.2 Å². The lowest BCUT2D eigenvalue weighted by Crippen LogP contribution is -2.68. The maximum Gasteiger partial charge on any atom is 0.179 e. The van der Waals surface area contributed by atoms with E-state index < -0.39 is 8.07 Å². The molecule has 9 aromatic rings. The second kappa shape index (κ2) is 16.1. The van der Waals surface area contributed by atoms with Crippen LogP contribution in [0.15, 0.2) is 248 Å². The quantitative estimate of drug-likeness (QED) is 0.101. The van der Waals surface area contributed by atoms with Crippen LogP contribution in [0.5, 0.6) is 0 Å². The largest absolute Gasteiger partial charge is 0.311 e. The SMILES string of the molecule is C1=CCC=CC([Si](c2ccccc2)(c2ccc(N(c3ccccc3)c3ccc4c(c3)sc3ccccc34)cc2)c2cccc(N(c3ccccc3)c3ccccc3)c2)=C1. The van der Waals surface area contributed by atoms with Crippen LogP contribution in [-0.2, 0) is 0 Å². The lowest BCUT2D eigenvalue weighted by atomic mass is 10.1. The first kappa shape index (κ1) is 36.4. The highest BCUT2D eigenvalue weighted by Gasteiger charge is 2.42. The number of para-hydroxylation sites is 3. The second-order valence-corrected chi connectivity index (χ2v) is 19.8. The summed E-state index contributed by atoms with van der Waals surface area (Å²) in [4.78, 5) is 4.77. The van der Waals surface area contributed by atoms with Crippen molar-refractivity contribution in [2.75, 3.05) is 9.80 Å². The van der Waals surface area contributed by atoms with Gasteiger partial charge in [-0.15, -0.1) is 11.3 Å². The molecule has 0 fully saturated rings. The Kier molecular flexibility index (Phi) is 9.93. The first-order chi connectivity index (χ1) is 29.3. The van der Waals surface area contributed by atoms with Crippen molar-refractivity contribution in [3.05, 3.63) is 248 Å². The Morgan fingerprint density at radius 2 is 0.864 bits per heavy atom. The molecule has 10 rings (SSSR count). The number of fused-ring (bicyclic) bond motifs is 3. The van der Waals surface area contributed by atoms with E-state index in [9.17, 15) is 0 Å². The molecule has 0 amide bonds. The molecule has 1 unspecified atom stereocenters. The average molecular weight is 791 g/mol. The molecular weight excluding hydrogens is 749 g/mol. The zero-order valence-electron chi connectivity index (χ0n) is 32.6. The van der Waals surface area contributed by atoms with E-state index >= 15 is 0 Å². The summed E-state index contributed by atoms with van der Waals surface area (Å²) in [6.45, 7) is 0. The maximum atomic E-state index is 2.45. The lowest BCUT2D eigenvalue weighted by molar-refractivity contribution is 1.29. The van der Waals surface area contributed by atoms with Crippen LogP contribution in [0.1, 0.15) is 6.42 Å². The van der Waals surface area contributed by atoms with Gasteiger partial charge in [-0.2, -0.15) is 0 Å².